The molecule has 1 aromatic carbocycles. The van der Waals surface area contributed by atoms with Crippen LogP contribution in [-0.4, -0.2) is 41.4 Å². The van der Waals surface area contributed by atoms with Gasteiger partial charge in [0.2, 0.25) is 5.91 Å². The van der Waals surface area contributed by atoms with Gasteiger partial charge in [0.25, 0.3) is 5.91 Å². The Morgan fingerprint density at radius 2 is 1.84 bits per heavy atom. The van der Waals surface area contributed by atoms with Crippen molar-refractivity contribution in [2.45, 2.75) is 84.6 Å². The van der Waals surface area contributed by atoms with E-state index in [9.17, 15) is 14.4 Å². The summed E-state index contributed by atoms with van der Waals surface area (Å²) < 4.78 is 0. The average molecular weight is 428 g/mol. The molecule has 2 unspecified atom stereocenters. The van der Waals surface area contributed by atoms with Gasteiger partial charge in [-0.2, -0.15) is 0 Å². The summed E-state index contributed by atoms with van der Waals surface area (Å²) in [4.78, 5) is 39.0. The van der Waals surface area contributed by atoms with Gasteiger partial charge in [-0.05, 0) is 66.7 Å². The van der Waals surface area contributed by atoms with Crippen molar-refractivity contribution in [1.82, 2.24) is 15.5 Å². The number of aryl methyl sites for hydroxylation is 2. The van der Waals surface area contributed by atoms with E-state index < -0.39 is 11.6 Å². The van der Waals surface area contributed by atoms with Gasteiger partial charge in [-0.25, -0.2) is 4.79 Å². The van der Waals surface area contributed by atoms with E-state index in [1.807, 2.05) is 6.92 Å². The van der Waals surface area contributed by atoms with Crippen molar-refractivity contribution in [2.75, 3.05) is 13.1 Å². The Hall–Kier alpha value is -2.37. The van der Waals surface area contributed by atoms with Crippen LogP contribution in [0.2, 0.25) is 0 Å². The lowest BCUT2D eigenvalue weighted by Crippen LogP contribution is -2.54. The van der Waals surface area contributed by atoms with Gasteiger partial charge in [-0.15, -0.1) is 0 Å². The van der Waals surface area contributed by atoms with E-state index in [1.165, 1.54) is 22.3 Å². The number of urea groups is 1. The van der Waals surface area contributed by atoms with Crippen LogP contribution in [0.1, 0.15) is 75.6 Å². The van der Waals surface area contributed by atoms with E-state index in [0.717, 1.165) is 30.6 Å². The van der Waals surface area contributed by atoms with Crippen LogP contribution in [0.3, 0.4) is 0 Å². The molecule has 2 N–H and O–H groups in total. The smallest absolute Gasteiger partial charge is 0.325 e. The molecular weight excluding hydrogens is 390 g/mol. The summed E-state index contributed by atoms with van der Waals surface area (Å²) in [5.74, 6) is -0.456. The van der Waals surface area contributed by atoms with E-state index in [2.05, 4.69) is 57.4 Å². The Morgan fingerprint density at radius 1 is 1.19 bits per heavy atom. The number of amides is 4. The van der Waals surface area contributed by atoms with Crippen molar-refractivity contribution in [1.29, 1.82) is 0 Å². The fraction of sp³-hybridized carbons (Fsp3) is 0.640. The lowest BCUT2D eigenvalue weighted by atomic mass is 9.73. The summed E-state index contributed by atoms with van der Waals surface area (Å²) in [5, 5.41) is 5.78. The second kappa shape index (κ2) is 8.64. The first-order chi connectivity index (χ1) is 14.5. The van der Waals surface area contributed by atoms with Crippen LogP contribution in [0, 0.1) is 19.8 Å². The number of nitrogens with one attached hydrogen (secondary N) is 2. The molecule has 1 aliphatic carbocycles. The largest absolute Gasteiger partial charge is 0.354 e. The van der Waals surface area contributed by atoms with Crippen LogP contribution < -0.4 is 10.6 Å². The Morgan fingerprint density at radius 3 is 2.42 bits per heavy atom. The number of imide groups is 1. The van der Waals surface area contributed by atoms with E-state index in [1.54, 1.807) is 0 Å². The van der Waals surface area contributed by atoms with Gasteiger partial charge in [0.1, 0.15) is 12.1 Å². The maximum Gasteiger partial charge on any atom is 0.325 e. The summed E-state index contributed by atoms with van der Waals surface area (Å²) in [6.45, 7) is 13.1. The fourth-order valence-corrected chi connectivity index (χ4v) is 4.99. The first kappa shape index (κ1) is 23.3. The molecule has 1 heterocycles. The van der Waals surface area contributed by atoms with Gasteiger partial charge < -0.3 is 10.6 Å². The van der Waals surface area contributed by atoms with Crippen LogP contribution in [0.5, 0.6) is 0 Å². The summed E-state index contributed by atoms with van der Waals surface area (Å²) in [6.07, 6.45) is 4.28. The zero-order valence-corrected chi connectivity index (χ0v) is 19.9. The average Bonchev–Trinajstić information content (AvgIpc) is 2.90. The van der Waals surface area contributed by atoms with Gasteiger partial charge in [-0.3, -0.25) is 14.5 Å². The minimum Gasteiger partial charge on any atom is -0.354 e. The lowest BCUT2D eigenvalue weighted by molar-refractivity contribution is -0.137. The normalized spacial score (nSPS) is 23.9. The predicted molar refractivity (Wildman–Crippen MR) is 122 cm³/mol. The highest BCUT2D eigenvalue weighted by atomic mass is 16.2. The topological polar surface area (TPSA) is 78.5 Å². The number of benzene rings is 1. The summed E-state index contributed by atoms with van der Waals surface area (Å²) in [7, 11) is 0. The highest BCUT2D eigenvalue weighted by Gasteiger charge is 2.55. The highest BCUT2D eigenvalue weighted by Crippen LogP contribution is 2.38. The number of rotatable bonds is 5. The summed E-state index contributed by atoms with van der Waals surface area (Å²) in [5.41, 5.74) is 4.26. The molecular formula is C25H37N3O3. The zero-order chi connectivity index (χ0) is 23.0. The molecule has 1 saturated carbocycles. The Kier molecular flexibility index (Phi) is 6.49. The standard InChI is InChI=1S/C25H37N3O3/c1-16-13-19(24(4,5)6)14-17(2)20(16)10-12-26-21(29)15-28-22(30)25(27-23(28)31)11-8-7-9-18(25)3/h13-14,18H,7-12,15H2,1-6H3,(H,26,29)(H,27,31). The lowest BCUT2D eigenvalue weighted by Gasteiger charge is -2.36. The third-order valence-electron chi connectivity index (χ3n) is 7.06. The molecule has 0 radical (unpaired) electrons. The molecule has 1 spiro atoms. The Balaban J connectivity index is 1.58. The highest BCUT2D eigenvalue weighted by molar-refractivity contribution is 6.09. The molecule has 2 aliphatic rings. The van der Waals surface area contributed by atoms with Gasteiger partial charge in [-0.1, -0.05) is 52.7 Å². The maximum absolute atomic E-state index is 13.0. The molecule has 3 rings (SSSR count). The summed E-state index contributed by atoms with van der Waals surface area (Å²) >= 11 is 0. The van der Waals surface area contributed by atoms with Gasteiger partial charge in [0.05, 0.1) is 0 Å². The van der Waals surface area contributed by atoms with E-state index in [4.69, 9.17) is 0 Å². The van der Waals surface area contributed by atoms with Crippen LogP contribution in [0.25, 0.3) is 0 Å². The fourth-order valence-electron chi connectivity index (χ4n) is 4.99. The number of nitrogens with zero attached hydrogens (tertiary/aromatic N) is 1. The van der Waals surface area contributed by atoms with Crippen LogP contribution >= 0.6 is 0 Å². The molecule has 1 saturated heterocycles. The van der Waals surface area contributed by atoms with Crippen LogP contribution in [-0.2, 0) is 21.4 Å². The van der Waals surface area contributed by atoms with Crippen molar-refractivity contribution >= 4 is 17.8 Å². The van der Waals surface area contributed by atoms with Gasteiger partial charge in [0.15, 0.2) is 0 Å². The van der Waals surface area contributed by atoms with Gasteiger partial charge in [0, 0.05) is 6.54 Å². The number of hydrogen-bond acceptors (Lipinski definition) is 3. The summed E-state index contributed by atoms with van der Waals surface area (Å²) in [6, 6.07) is 4.00. The van der Waals surface area contributed by atoms with Gasteiger partial charge >= 0.3 is 6.03 Å². The molecule has 2 atom stereocenters. The van der Waals surface area contributed by atoms with Crippen LogP contribution in [0.4, 0.5) is 4.79 Å². The van der Waals surface area contributed by atoms with E-state index in [0.29, 0.717) is 13.0 Å². The number of carbonyl (C=O) groups is 3. The first-order valence-electron chi connectivity index (χ1n) is 11.5. The molecule has 6 nitrogen and oxygen atoms in total. The third-order valence-corrected chi connectivity index (χ3v) is 7.06. The van der Waals surface area contributed by atoms with Crippen molar-refractivity contribution in [2.24, 2.45) is 5.92 Å². The maximum atomic E-state index is 13.0. The quantitative estimate of drug-likeness (QED) is 0.703. The first-order valence-corrected chi connectivity index (χ1v) is 11.5. The van der Waals surface area contributed by atoms with Crippen molar-refractivity contribution in [3.05, 3.63) is 34.4 Å². The van der Waals surface area contributed by atoms with Crippen molar-refractivity contribution < 1.29 is 14.4 Å². The minimum absolute atomic E-state index is 0.0905. The molecule has 1 aromatic rings. The molecule has 2 fully saturated rings. The van der Waals surface area contributed by atoms with Crippen LogP contribution in [0.15, 0.2) is 12.1 Å². The predicted octanol–water partition coefficient (Wildman–Crippen LogP) is 3.76. The Labute approximate surface area is 186 Å². The number of hydrogen-bond donors (Lipinski definition) is 2. The van der Waals surface area contributed by atoms with E-state index in [-0.39, 0.29) is 29.7 Å². The molecule has 4 amide bonds. The second-order valence-corrected chi connectivity index (χ2v) is 10.4. The molecule has 31 heavy (non-hydrogen) atoms. The van der Waals surface area contributed by atoms with Crippen molar-refractivity contribution in [3.63, 3.8) is 0 Å². The molecule has 0 bridgehead atoms. The van der Waals surface area contributed by atoms with E-state index >= 15 is 0 Å². The monoisotopic (exact) mass is 427 g/mol. The zero-order valence-electron chi connectivity index (χ0n) is 19.9. The third kappa shape index (κ3) is 4.63. The second-order valence-electron chi connectivity index (χ2n) is 10.4. The molecule has 1 aliphatic heterocycles. The molecule has 6 heteroatoms. The minimum atomic E-state index is -0.821. The molecule has 0 aromatic heterocycles. The number of carbonyl (C=O) groups excluding carboxylic acids is 3. The Bertz CT molecular complexity index is 863. The van der Waals surface area contributed by atoms with Crippen molar-refractivity contribution in [3.8, 4) is 0 Å². The SMILES string of the molecule is Cc1cc(C(C)(C)C)cc(C)c1CCNC(=O)CN1C(=O)NC2(CCCCC2C)C1=O. The molecule has 170 valence electrons.